The lowest BCUT2D eigenvalue weighted by atomic mass is 10.2. The molecule has 0 fully saturated rings. The van der Waals surface area contributed by atoms with Crippen molar-refractivity contribution >= 4 is 11.9 Å². The van der Waals surface area contributed by atoms with E-state index in [0.29, 0.717) is 6.54 Å². The van der Waals surface area contributed by atoms with Crippen LogP contribution in [0.4, 0.5) is 0 Å². The summed E-state index contributed by atoms with van der Waals surface area (Å²) in [5, 5.41) is 10.7. The summed E-state index contributed by atoms with van der Waals surface area (Å²) >= 11 is 0. The maximum absolute atomic E-state index is 10.8. The predicted molar refractivity (Wildman–Crippen MR) is 48.1 cm³/mol. The van der Waals surface area contributed by atoms with Crippen LogP contribution in [0.5, 0.6) is 0 Å². The number of carbonyl (C=O) groups is 2. The highest BCUT2D eigenvalue weighted by Gasteiger charge is 2.05. The molecule has 1 atom stereocenters. The largest absolute Gasteiger partial charge is 0.481 e. The van der Waals surface area contributed by atoms with Crippen molar-refractivity contribution in [1.29, 1.82) is 0 Å². The zero-order valence-corrected chi connectivity index (χ0v) is 7.75. The number of carbonyl (C=O) groups excluding carboxylic acids is 1. The molecule has 0 radical (unpaired) electrons. The Hall–Kier alpha value is -1.10. The zero-order valence-electron chi connectivity index (χ0n) is 7.75. The average molecular weight is 188 g/mol. The second-order valence-electron chi connectivity index (χ2n) is 3.04. The van der Waals surface area contributed by atoms with Crippen molar-refractivity contribution in [3.8, 4) is 0 Å². The number of hydrogen-bond acceptors (Lipinski definition) is 3. The van der Waals surface area contributed by atoms with E-state index in [-0.39, 0.29) is 6.04 Å². The standard InChI is InChI=1S/C8H16N2O3/c1-6(9)3-2-4-10-7(11)5-8(12)13/h6H,2-5,9H2,1H3,(H,10,11)(H,12,13). The summed E-state index contributed by atoms with van der Waals surface area (Å²) in [4.78, 5) is 20.8. The van der Waals surface area contributed by atoms with E-state index in [1.807, 2.05) is 6.92 Å². The lowest BCUT2D eigenvalue weighted by Gasteiger charge is -2.05. The van der Waals surface area contributed by atoms with E-state index in [4.69, 9.17) is 10.8 Å². The van der Waals surface area contributed by atoms with Crippen molar-refractivity contribution < 1.29 is 14.7 Å². The number of carboxylic acid groups (broad SMARTS) is 1. The van der Waals surface area contributed by atoms with Gasteiger partial charge in [-0.1, -0.05) is 0 Å². The molecule has 0 heterocycles. The van der Waals surface area contributed by atoms with Gasteiger partial charge >= 0.3 is 5.97 Å². The second kappa shape index (κ2) is 6.42. The fraction of sp³-hybridized carbons (Fsp3) is 0.750. The maximum Gasteiger partial charge on any atom is 0.312 e. The molecule has 0 saturated carbocycles. The number of aliphatic carboxylic acids is 1. The van der Waals surface area contributed by atoms with Gasteiger partial charge in [-0.25, -0.2) is 0 Å². The molecule has 0 aromatic heterocycles. The Bertz CT molecular complexity index is 180. The summed E-state index contributed by atoms with van der Waals surface area (Å²) in [6, 6.07) is 0.122. The fourth-order valence-corrected chi connectivity index (χ4v) is 0.852. The smallest absolute Gasteiger partial charge is 0.312 e. The Labute approximate surface area is 77.3 Å². The van der Waals surface area contributed by atoms with Gasteiger partial charge in [-0.3, -0.25) is 9.59 Å². The lowest BCUT2D eigenvalue weighted by molar-refractivity contribution is -0.140. The molecule has 0 aromatic rings. The van der Waals surface area contributed by atoms with E-state index in [9.17, 15) is 9.59 Å². The van der Waals surface area contributed by atoms with Gasteiger partial charge in [0, 0.05) is 12.6 Å². The van der Waals surface area contributed by atoms with E-state index in [2.05, 4.69) is 5.32 Å². The van der Waals surface area contributed by atoms with Crippen molar-refractivity contribution in [3.63, 3.8) is 0 Å². The Kier molecular flexibility index (Phi) is 5.88. The van der Waals surface area contributed by atoms with Gasteiger partial charge in [0.25, 0.3) is 0 Å². The summed E-state index contributed by atoms with van der Waals surface area (Å²) in [5.74, 6) is -1.55. The third kappa shape index (κ3) is 8.81. The molecule has 0 aromatic carbocycles. The van der Waals surface area contributed by atoms with Gasteiger partial charge < -0.3 is 16.2 Å². The van der Waals surface area contributed by atoms with Crippen molar-refractivity contribution in [2.45, 2.75) is 32.2 Å². The highest BCUT2D eigenvalue weighted by atomic mass is 16.4. The highest BCUT2D eigenvalue weighted by Crippen LogP contribution is 1.91. The normalized spacial score (nSPS) is 12.2. The molecule has 1 amide bonds. The Balaban J connectivity index is 3.32. The number of nitrogens with one attached hydrogen (secondary N) is 1. The van der Waals surface area contributed by atoms with Crippen LogP contribution in [-0.4, -0.2) is 29.6 Å². The second-order valence-corrected chi connectivity index (χ2v) is 3.04. The molecule has 0 rings (SSSR count). The van der Waals surface area contributed by atoms with E-state index in [1.165, 1.54) is 0 Å². The summed E-state index contributed by atoms with van der Waals surface area (Å²) in [6.07, 6.45) is 1.15. The average Bonchev–Trinajstić information content (AvgIpc) is 1.96. The molecule has 0 saturated heterocycles. The van der Waals surface area contributed by atoms with Crippen LogP contribution < -0.4 is 11.1 Å². The molecule has 0 aliphatic carbocycles. The van der Waals surface area contributed by atoms with Gasteiger partial charge in [-0.2, -0.15) is 0 Å². The zero-order chi connectivity index (χ0) is 10.3. The highest BCUT2D eigenvalue weighted by molar-refractivity contribution is 5.93. The maximum atomic E-state index is 10.8. The summed E-state index contributed by atoms with van der Waals surface area (Å²) in [6.45, 7) is 2.38. The molecule has 0 aliphatic heterocycles. The Morgan fingerprint density at radius 2 is 2.15 bits per heavy atom. The summed E-state index contributed by atoms with van der Waals surface area (Å²) in [7, 11) is 0. The van der Waals surface area contributed by atoms with Crippen LogP contribution in [0.25, 0.3) is 0 Å². The van der Waals surface area contributed by atoms with Crippen molar-refractivity contribution in [2.24, 2.45) is 5.73 Å². The minimum Gasteiger partial charge on any atom is -0.481 e. The van der Waals surface area contributed by atoms with Crippen LogP contribution in [0.15, 0.2) is 0 Å². The molecule has 0 bridgehead atoms. The predicted octanol–water partition coefficient (Wildman–Crippen LogP) is -0.295. The first kappa shape index (κ1) is 11.9. The van der Waals surface area contributed by atoms with Crippen LogP contribution in [0.2, 0.25) is 0 Å². The van der Waals surface area contributed by atoms with Crippen molar-refractivity contribution in [3.05, 3.63) is 0 Å². The SMILES string of the molecule is CC(N)CCCNC(=O)CC(=O)O. The molecule has 76 valence electrons. The molecule has 4 N–H and O–H groups in total. The quantitative estimate of drug-likeness (QED) is 0.394. The van der Waals surface area contributed by atoms with Gasteiger partial charge in [-0.15, -0.1) is 0 Å². The first-order chi connectivity index (χ1) is 6.02. The van der Waals surface area contributed by atoms with Crippen molar-refractivity contribution in [2.75, 3.05) is 6.54 Å². The molecule has 13 heavy (non-hydrogen) atoms. The van der Waals surface area contributed by atoms with Gasteiger partial charge in [0.1, 0.15) is 6.42 Å². The summed E-state index contributed by atoms with van der Waals surface area (Å²) in [5.41, 5.74) is 5.48. The summed E-state index contributed by atoms with van der Waals surface area (Å²) < 4.78 is 0. The molecular weight excluding hydrogens is 172 g/mol. The molecule has 5 nitrogen and oxygen atoms in total. The number of nitrogens with two attached hydrogens (primary N) is 1. The van der Waals surface area contributed by atoms with E-state index in [0.717, 1.165) is 12.8 Å². The van der Waals surface area contributed by atoms with Crippen molar-refractivity contribution in [1.82, 2.24) is 5.32 Å². The van der Waals surface area contributed by atoms with Crippen LogP contribution in [0, 0.1) is 0 Å². The van der Waals surface area contributed by atoms with Crippen LogP contribution in [-0.2, 0) is 9.59 Å². The number of amides is 1. The van der Waals surface area contributed by atoms with Crippen LogP contribution in [0.3, 0.4) is 0 Å². The number of rotatable bonds is 6. The molecule has 5 heteroatoms. The van der Waals surface area contributed by atoms with Gasteiger partial charge in [0.05, 0.1) is 0 Å². The van der Waals surface area contributed by atoms with E-state index in [1.54, 1.807) is 0 Å². The monoisotopic (exact) mass is 188 g/mol. The third-order valence-electron chi connectivity index (χ3n) is 1.47. The Morgan fingerprint density at radius 1 is 1.54 bits per heavy atom. The van der Waals surface area contributed by atoms with Gasteiger partial charge in [0.2, 0.25) is 5.91 Å². The number of carboxylic acids is 1. The van der Waals surface area contributed by atoms with Crippen LogP contribution >= 0.6 is 0 Å². The molecule has 1 unspecified atom stereocenters. The minimum absolute atomic E-state index is 0.122. The lowest BCUT2D eigenvalue weighted by Crippen LogP contribution is -2.27. The van der Waals surface area contributed by atoms with E-state index < -0.39 is 18.3 Å². The van der Waals surface area contributed by atoms with E-state index >= 15 is 0 Å². The topological polar surface area (TPSA) is 92.4 Å². The molecule has 0 aliphatic rings. The first-order valence-corrected chi connectivity index (χ1v) is 4.26. The third-order valence-corrected chi connectivity index (χ3v) is 1.47. The Morgan fingerprint density at radius 3 is 2.62 bits per heavy atom. The molecular formula is C8H16N2O3. The minimum atomic E-state index is -1.11. The van der Waals surface area contributed by atoms with Crippen LogP contribution in [0.1, 0.15) is 26.2 Å². The first-order valence-electron chi connectivity index (χ1n) is 4.26. The van der Waals surface area contributed by atoms with Gasteiger partial charge in [-0.05, 0) is 19.8 Å². The fourth-order valence-electron chi connectivity index (χ4n) is 0.852. The number of hydrogen-bond donors (Lipinski definition) is 3. The van der Waals surface area contributed by atoms with Gasteiger partial charge in [0.15, 0.2) is 0 Å². The molecule has 0 spiro atoms.